The van der Waals surface area contributed by atoms with E-state index in [-0.39, 0.29) is 93.7 Å². The third-order valence-corrected chi connectivity index (χ3v) is 15.0. The normalized spacial score (nSPS) is 11.1. The second-order valence-corrected chi connectivity index (χ2v) is 22.0. The molecule has 506 valence electrons. The van der Waals surface area contributed by atoms with Crippen LogP contribution in [0.3, 0.4) is 0 Å². The predicted octanol–water partition coefficient (Wildman–Crippen LogP) is 10.6. The fraction of sp³-hybridized carbons (Fsp3) is 0.235. The van der Waals surface area contributed by atoms with Gasteiger partial charge in [-0.2, -0.15) is 40.5 Å². The van der Waals surface area contributed by atoms with Gasteiger partial charge < -0.3 is 43.0 Å². The van der Waals surface area contributed by atoms with Crippen LogP contribution in [0.15, 0.2) is 153 Å². The number of fused-ring (bicyclic) bond motifs is 4. The highest BCUT2D eigenvalue weighted by Crippen LogP contribution is 2.30. The Morgan fingerprint density at radius 3 is 1.14 bits per heavy atom. The minimum atomic E-state index is -0.160. The number of pyridine rings is 4. The van der Waals surface area contributed by atoms with Crippen LogP contribution in [0.5, 0.6) is 0 Å². The lowest BCUT2D eigenvalue weighted by molar-refractivity contribution is -0.119. The zero-order chi connectivity index (χ0) is 67.7. The van der Waals surface area contributed by atoms with E-state index in [0.717, 1.165) is 65.9 Å². The first-order valence-electron chi connectivity index (χ1n) is 29.3. The predicted molar refractivity (Wildman–Crippen MR) is 400 cm³/mol. The Hall–Kier alpha value is -9.08. The highest BCUT2D eigenvalue weighted by Gasteiger charge is 2.19. The van der Waals surface area contributed by atoms with Crippen LogP contribution in [0.1, 0.15) is 116 Å². The van der Waals surface area contributed by atoms with E-state index in [0.29, 0.717) is 75.2 Å². The van der Waals surface area contributed by atoms with Crippen molar-refractivity contribution in [3.63, 3.8) is 0 Å². The Balaban J connectivity index is 0.000000319. The third-order valence-electron chi connectivity index (χ3n) is 14.4. The zero-order valence-electron chi connectivity index (χ0n) is 54.4. The number of aromatic nitrogens is 8. The van der Waals surface area contributed by atoms with Crippen LogP contribution in [0.2, 0.25) is 15.5 Å². The Morgan fingerprint density at radius 1 is 0.438 bits per heavy atom. The fourth-order valence-corrected chi connectivity index (χ4v) is 10.0. The molecule has 0 aliphatic rings. The van der Waals surface area contributed by atoms with E-state index in [4.69, 9.17) is 40.5 Å². The monoisotopic (exact) mass is 1420 g/mol. The summed E-state index contributed by atoms with van der Waals surface area (Å²) in [6.45, 7) is 15.2. The molecule has 6 aromatic heterocycles. The number of para-hydroxylation sites is 4. The number of rotatable bonds is 16. The van der Waals surface area contributed by atoms with Crippen molar-refractivity contribution in [2.24, 2.45) is 5.73 Å². The lowest BCUT2D eigenvalue weighted by Crippen LogP contribution is -2.25. The Morgan fingerprint density at radius 2 is 0.781 bits per heavy atom. The molecule has 0 spiro atoms. The average molecular weight is 1420 g/mol. The molecule has 10 rings (SSSR count). The van der Waals surface area contributed by atoms with Gasteiger partial charge in [0, 0.05) is 138 Å². The summed E-state index contributed by atoms with van der Waals surface area (Å²) in [4.78, 5) is 103. The number of anilines is 1. The van der Waals surface area contributed by atoms with Crippen LogP contribution in [0.25, 0.3) is 49.2 Å². The van der Waals surface area contributed by atoms with Crippen molar-refractivity contribution in [2.75, 3.05) is 59.7 Å². The van der Waals surface area contributed by atoms with Gasteiger partial charge in [-0.05, 0) is 59.0 Å². The molecule has 0 aliphatic carbocycles. The second kappa shape index (κ2) is 40.3. The first-order valence-corrected chi connectivity index (χ1v) is 30.4. The molecule has 0 fully saturated rings. The van der Waals surface area contributed by atoms with Crippen molar-refractivity contribution in [1.82, 2.24) is 71.8 Å². The van der Waals surface area contributed by atoms with Gasteiger partial charge in [-0.1, -0.05) is 135 Å². The molecule has 22 nitrogen and oxygen atoms in total. The topological polar surface area (TPSA) is 316 Å². The maximum absolute atomic E-state index is 12.1. The Bertz CT molecular complexity index is 4310. The number of nitrogens with one attached hydrogen (secondary N) is 7. The molecular weight excluding hydrogens is 1340 g/mol. The number of nitrogens with two attached hydrogens (primary N) is 1. The molecule has 0 saturated heterocycles. The largest absolute Gasteiger partial charge is 0.369 e. The zero-order valence-corrected chi connectivity index (χ0v) is 59.6. The number of carbonyl (C=O) groups excluding carboxylic acids is 6. The number of halogens is 3. The lowest BCUT2D eigenvalue weighted by Gasteiger charge is -2.16. The maximum atomic E-state index is 12.1. The molecule has 0 unspecified atom stereocenters. The van der Waals surface area contributed by atoms with Gasteiger partial charge in [-0.15, -0.1) is 0 Å². The van der Waals surface area contributed by atoms with E-state index >= 15 is 0 Å². The molecule has 6 heterocycles. The van der Waals surface area contributed by atoms with Gasteiger partial charge in [0.1, 0.15) is 33.9 Å². The van der Waals surface area contributed by atoms with Crippen LogP contribution in [0.4, 0.5) is 5.82 Å². The van der Waals surface area contributed by atoms with Gasteiger partial charge >= 0.3 is 0 Å². The maximum Gasteiger partial charge on any atom is 0.251 e. The molecule has 9 N–H and O–H groups in total. The van der Waals surface area contributed by atoms with Crippen molar-refractivity contribution in [1.29, 1.82) is 0 Å². The third kappa shape index (κ3) is 22.3. The van der Waals surface area contributed by atoms with E-state index in [1.807, 2.05) is 79.7 Å². The highest BCUT2D eigenvalue weighted by atomic mass is 35.5. The molecule has 0 aliphatic heterocycles. The standard InChI is InChI=1S/C18H18ClN5O.C16H19N3O2.C16H17N3O2.C14H17N3O.C4H2Cl2N2.3H2S/c1-11(9-22-16-8-15(19)23-10-24-16)12-4-3-5-13-14(18(25)20-2)6-7-21-17(12)13;2*1-10(9-19-11(2)20)12-5-4-6-13-14(16(21)17-3)7-8-18-15(12)13;1-9(8-15)10-4-3-5-11-12(14(18)16-2)6-7-17-13(10)11;5-3-1-4(6)8-2-7-3;;;/h3-8,10-11H,9H2,1-2H3,(H,20,25)(H,22,23,24);4-8,10H,9H2,1-3H3,(H,17,21)(H,19,20);4-8H,1,9H2,2-3H3,(H,17,21)(H,19,20);3-7,9H,8,15H2,1-2H3,(H,16,18);1-2H;3*1H2/t11-;10-;;9-;;;;/m11.1..../s1. The molecule has 6 amide bonds. The molecule has 96 heavy (non-hydrogen) atoms. The molecule has 10 aromatic rings. The summed E-state index contributed by atoms with van der Waals surface area (Å²) >= 11 is 16.7. The quantitative estimate of drug-likeness (QED) is 0.0417. The number of hydrogen-bond acceptors (Lipinski definition) is 16. The molecule has 3 atom stereocenters. The summed E-state index contributed by atoms with van der Waals surface area (Å²) in [6.07, 6.45) is 9.30. The fourth-order valence-electron chi connectivity index (χ4n) is 9.55. The van der Waals surface area contributed by atoms with Crippen molar-refractivity contribution < 1.29 is 28.8 Å². The van der Waals surface area contributed by atoms with E-state index < -0.39 is 0 Å². The van der Waals surface area contributed by atoms with Crippen molar-refractivity contribution in [3.05, 3.63) is 213 Å². The van der Waals surface area contributed by atoms with Gasteiger partial charge in [-0.3, -0.25) is 48.7 Å². The van der Waals surface area contributed by atoms with Gasteiger partial charge in [0.15, 0.2) is 0 Å². The Kier molecular flexibility index (Phi) is 34.1. The average Bonchev–Trinajstić information content (AvgIpc) is 0.832. The molecule has 0 bridgehead atoms. The summed E-state index contributed by atoms with van der Waals surface area (Å²) in [6, 6.07) is 33.2. The van der Waals surface area contributed by atoms with Crippen LogP contribution in [-0.4, -0.2) is 130 Å². The van der Waals surface area contributed by atoms with Crippen molar-refractivity contribution in [2.45, 2.75) is 52.4 Å². The van der Waals surface area contributed by atoms with Crippen LogP contribution >= 0.6 is 75.3 Å². The summed E-state index contributed by atoms with van der Waals surface area (Å²) in [5.74, 6) is 0.491. The number of amides is 6. The van der Waals surface area contributed by atoms with Gasteiger partial charge in [0.05, 0.1) is 44.3 Å². The first-order chi connectivity index (χ1) is 44.7. The minimum Gasteiger partial charge on any atom is -0.369 e. The summed E-state index contributed by atoms with van der Waals surface area (Å²) < 4.78 is 0. The second-order valence-electron chi connectivity index (χ2n) is 20.8. The van der Waals surface area contributed by atoms with E-state index in [1.165, 1.54) is 32.6 Å². The molecule has 0 saturated carbocycles. The molecule has 0 radical (unpaired) electrons. The first kappa shape index (κ1) is 81.2. The van der Waals surface area contributed by atoms with E-state index in [9.17, 15) is 28.8 Å². The van der Waals surface area contributed by atoms with Crippen LogP contribution in [-0.2, 0) is 9.59 Å². The number of benzene rings is 4. The van der Waals surface area contributed by atoms with Crippen LogP contribution in [0, 0.1) is 0 Å². The highest BCUT2D eigenvalue weighted by molar-refractivity contribution is 7.59. The van der Waals surface area contributed by atoms with Gasteiger partial charge in [0.25, 0.3) is 23.6 Å². The molecule has 4 aromatic carbocycles. The van der Waals surface area contributed by atoms with E-state index in [1.54, 1.807) is 83.3 Å². The summed E-state index contributed by atoms with van der Waals surface area (Å²) in [5, 5.41) is 23.8. The Labute approximate surface area is 593 Å². The van der Waals surface area contributed by atoms with Crippen molar-refractivity contribution >= 4 is 166 Å². The summed E-state index contributed by atoms with van der Waals surface area (Å²) in [7, 11) is 6.45. The number of carbonyl (C=O) groups is 6. The summed E-state index contributed by atoms with van der Waals surface area (Å²) in [5.41, 5.74) is 16.1. The number of nitrogens with zero attached hydrogens (tertiary/aromatic N) is 8. The number of hydrogen-bond donors (Lipinski definition) is 8. The lowest BCUT2D eigenvalue weighted by atomic mass is 9.96. The van der Waals surface area contributed by atoms with Gasteiger partial charge in [-0.25, -0.2) is 19.9 Å². The molecular formula is C68H79Cl3N16O6S3. The van der Waals surface area contributed by atoms with Crippen LogP contribution < -0.4 is 43.0 Å². The smallest absolute Gasteiger partial charge is 0.251 e. The molecule has 28 heteroatoms. The van der Waals surface area contributed by atoms with Gasteiger partial charge in [0.2, 0.25) is 11.8 Å². The van der Waals surface area contributed by atoms with Crippen molar-refractivity contribution in [3.8, 4) is 0 Å². The minimum absolute atomic E-state index is 0. The SMILES string of the molecule is C=C(CNC(C)=O)c1cccc2c(C(=O)NC)ccnc12.CNC(=O)c1ccnc2c([C@H](C)CN)cccc12.CNC(=O)c1ccnc2c([C@H](C)CNC(C)=O)cccc12.CNC(=O)c1ccnc2c([C@H](C)CNc3cc(Cl)ncn3)cccc12.Clc1cc(Cl)ncn1.S.S.S. The van der Waals surface area contributed by atoms with E-state index in [2.05, 4.69) is 97.5 Å².